The van der Waals surface area contributed by atoms with Crippen LogP contribution in [-0.2, 0) is 27.7 Å². The molecule has 0 radical (unpaired) electrons. The lowest BCUT2D eigenvalue weighted by Gasteiger charge is -2.36. The first-order chi connectivity index (χ1) is 13.2. The summed E-state index contributed by atoms with van der Waals surface area (Å²) in [6.07, 6.45) is 0.651. The number of benzene rings is 2. The van der Waals surface area contributed by atoms with Gasteiger partial charge in [0.1, 0.15) is 0 Å². The van der Waals surface area contributed by atoms with Gasteiger partial charge < -0.3 is 5.32 Å². The molecule has 3 rings (SSSR count). The molecule has 1 atom stereocenters. The van der Waals surface area contributed by atoms with Crippen LogP contribution in [-0.4, -0.2) is 30.7 Å². The Morgan fingerprint density at radius 1 is 1.25 bits per heavy atom. The molecule has 0 bridgehead atoms. The van der Waals surface area contributed by atoms with Crippen LogP contribution in [0.2, 0.25) is 5.02 Å². The Balaban J connectivity index is 1.87. The molecule has 1 aliphatic rings. The highest BCUT2D eigenvalue weighted by Crippen LogP contribution is 2.37. The lowest BCUT2D eigenvalue weighted by Crippen LogP contribution is -2.44. The number of sulfonamides is 1. The van der Waals surface area contributed by atoms with Crippen LogP contribution in [0, 0.1) is 0 Å². The summed E-state index contributed by atoms with van der Waals surface area (Å²) in [5.74, 6) is -0.277. The van der Waals surface area contributed by atoms with Gasteiger partial charge in [0, 0.05) is 17.3 Å². The number of anilines is 1. The number of hydrogen-bond donors (Lipinski definition) is 2. The summed E-state index contributed by atoms with van der Waals surface area (Å²) in [5.41, 5.74) is 2.41. The van der Waals surface area contributed by atoms with Crippen molar-refractivity contribution in [3.8, 4) is 0 Å². The Morgan fingerprint density at radius 2 is 1.96 bits per heavy atom. The van der Waals surface area contributed by atoms with Gasteiger partial charge in [0.05, 0.1) is 6.42 Å². The lowest BCUT2D eigenvalue weighted by atomic mass is 9.99. The molecule has 0 spiro atoms. The molecule has 2 aromatic carbocycles. The van der Waals surface area contributed by atoms with Crippen LogP contribution in [0.5, 0.6) is 0 Å². The third-order valence-electron chi connectivity index (χ3n) is 4.51. The number of nitrogens with two attached hydrogens (primary N) is 1. The van der Waals surface area contributed by atoms with E-state index in [0.29, 0.717) is 34.8 Å². The van der Waals surface area contributed by atoms with E-state index in [1.807, 2.05) is 0 Å². The Morgan fingerprint density at radius 3 is 2.61 bits per heavy atom. The number of fused-ring (bicyclic) bond motifs is 1. The van der Waals surface area contributed by atoms with Gasteiger partial charge in [0.25, 0.3) is 0 Å². The van der Waals surface area contributed by atoms with E-state index in [2.05, 4.69) is 5.32 Å². The number of halogens is 3. The fourth-order valence-electron chi connectivity index (χ4n) is 3.26. The standard InChI is InChI=1S/C18H18Cl3N3O3S/c19-15-4-2-1-3-12(15)9-16(25)23-13-6-5-11-7-8-24(18(20)21)17(14(11)10-13)28(22,26)27/h1-6,10,17-18H,7-9H2,(H,23,25)(H2,22,26,27). The molecule has 6 nitrogen and oxygen atoms in total. The Bertz CT molecular complexity index is 999. The SMILES string of the molecule is NS(=O)(=O)C1c2cc(NC(=O)Cc3ccccc3Cl)ccc2CCN1C(Cl)Cl. The van der Waals surface area contributed by atoms with Gasteiger partial charge in [-0.25, -0.2) is 13.6 Å². The molecule has 1 aliphatic heterocycles. The second-order valence-corrected chi connectivity index (χ2v) is 9.52. The molecule has 0 fully saturated rings. The molecule has 0 aromatic heterocycles. The summed E-state index contributed by atoms with van der Waals surface area (Å²) >= 11 is 18.0. The van der Waals surface area contributed by atoms with Crippen molar-refractivity contribution >= 4 is 56.4 Å². The van der Waals surface area contributed by atoms with Crippen molar-refractivity contribution in [3.05, 3.63) is 64.2 Å². The van der Waals surface area contributed by atoms with E-state index in [4.69, 9.17) is 39.9 Å². The molecule has 0 aliphatic carbocycles. The summed E-state index contributed by atoms with van der Waals surface area (Å²) in [6.45, 7) is 0.351. The summed E-state index contributed by atoms with van der Waals surface area (Å²) in [6, 6.07) is 12.2. The minimum atomic E-state index is -4.01. The van der Waals surface area contributed by atoms with Crippen molar-refractivity contribution in [3.63, 3.8) is 0 Å². The second kappa shape index (κ2) is 8.57. The highest BCUT2D eigenvalue weighted by Gasteiger charge is 2.38. The van der Waals surface area contributed by atoms with Crippen molar-refractivity contribution in [2.24, 2.45) is 5.14 Å². The van der Waals surface area contributed by atoms with Gasteiger partial charge in [-0.3, -0.25) is 9.69 Å². The largest absolute Gasteiger partial charge is 0.326 e. The number of alkyl halides is 2. The topological polar surface area (TPSA) is 92.5 Å². The zero-order valence-electron chi connectivity index (χ0n) is 14.6. The summed E-state index contributed by atoms with van der Waals surface area (Å²) < 4.78 is 24.4. The van der Waals surface area contributed by atoms with Crippen molar-refractivity contribution in [1.29, 1.82) is 0 Å². The highest BCUT2D eigenvalue weighted by atomic mass is 35.5. The predicted octanol–water partition coefficient (Wildman–Crippen LogP) is 3.43. The van der Waals surface area contributed by atoms with E-state index in [0.717, 1.165) is 5.56 Å². The predicted molar refractivity (Wildman–Crippen MR) is 112 cm³/mol. The molecule has 1 heterocycles. The third-order valence-corrected chi connectivity index (χ3v) is 6.52. The minimum absolute atomic E-state index is 0.0902. The van der Waals surface area contributed by atoms with E-state index in [1.54, 1.807) is 42.5 Å². The van der Waals surface area contributed by atoms with Gasteiger partial charge in [-0.15, -0.1) is 0 Å². The van der Waals surface area contributed by atoms with Gasteiger partial charge >= 0.3 is 0 Å². The molecule has 2 aromatic rings. The molecule has 1 unspecified atom stereocenters. The number of carbonyl (C=O) groups is 1. The average Bonchev–Trinajstić information content (AvgIpc) is 2.61. The molecule has 3 N–H and O–H groups in total. The van der Waals surface area contributed by atoms with Gasteiger partial charge in [-0.2, -0.15) is 0 Å². The van der Waals surface area contributed by atoms with Crippen LogP contribution in [0.3, 0.4) is 0 Å². The zero-order valence-corrected chi connectivity index (χ0v) is 17.7. The number of hydrogen-bond acceptors (Lipinski definition) is 4. The number of rotatable bonds is 5. The van der Waals surface area contributed by atoms with Gasteiger partial charge in [-0.05, 0) is 41.3 Å². The molecule has 10 heteroatoms. The molecule has 0 saturated heterocycles. The number of nitrogens with zero attached hydrogens (tertiary/aromatic N) is 1. The number of nitrogens with one attached hydrogen (secondary N) is 1. The maximum atomic E-state index is 12.4. The number of carbonyl (C=O) groups excluding carboxylic acids is 1. The van der Waals surface area contributed by atoms with Gasteiger partial charge in [0.2, 0.25) is 15.9 Å². The monoisotopic (exact) mass is 461 g/mol. The first-order valence-electron chi connectivity index (χ1n) is 8.38. The maximum Gasteiger partial charge on any atom is 0.229 e. The van der Waals surface area contributed by atoms with Crippen LogP contribution in [0.4, 0.5) is 5.69 Å². The molecule has 1 amide bonds. The molecular formula is C18H18Cl3N3O3S. The van der Waals surface area contributed by atoms with Crippen molar-refractivity contribution in [2.45, 2.75) is 23.2 Å². The fraction of sp³-hybridized carbons (Fsp3) is 0.278. The molecule has 150 valence electrons. The molecular weight excluding hydrogens is 445 g/mol. The second-order valence-electron chi connectivity index (χ2n) is 6.44. The average molecular weight is 463 g/mol. The Labute approximate surface area is 178 Å². The van der Waals surface area contributed by atoms with Gasteiger partial charge in [0.15, 0.2) is 10.3 Å². The first kappa shape index (κ1) is 21.4. The zero-order chi connectivity index (χ0) is 20.5. The van der Waals surface area contributed by atoms with Crippen LogP contribution in [0.15, 0.2) is 42.5 Å². The van der Waals surface area contributed by atoms with E-state index < -0.39 is 20.4 Å². The van der Waals surface area contributed by atoms with E-state index >= 15 is 0 Å². The first-order valence-corrected chi connectivity index (χ1v) is 11.2. The Kier molecular flexibility index (Phi) is 6.54. The van der Waals surface area contributed by atoms with Crippen LogP contribution < -0.4 is 10.5 Å². The third kappa shape index (κ3) is 4.79. The Hall–Kier alpha value is -1.35. The number of primary sulfonamides is 1. The van der Waals surface area contributed by atoms with Crippen LogP contribution in [0.1, 0.15) is 22.1 Å². The van der Waals surface area contributed by atoms with E-state index in [9.17, 15) is 13.2 Å². The maximum absolute atomic E-state index is 12.4. The summed E-state index contributed by atoms with van der Waals surface area (Å²) in [4.78, 5) is 12.8. The van der Waals surface area contributed by atoms with E-state index in [-0.39, 0.29) is 12.3 Å². The summed E-state index contributed by atoms with van der Waals surface area (Å²) in [7, 11) is -4.01. The highest BCUT2D eigenvalue weighted by molar-refractivity contribution is 7.89. The van der Waals surface area contributed by atoms with Crippen molar-refractivity contribution < 1.29 is 13.2 Å². The minimum Gasteiger partial charge on any atom is -0.326 e. The van der Waals surface area contributed by atoms with Crippen molar-refractivity contribution in [2.75, 3.05) is 11.9 Å². The number of amides is 1. The molecule has 28 heavy (non-hydrogen) atoms. The van der Waals surface area contributed by atoms with Gasteiger partial charge in [-0.1, -0.05) is 59.1 Å². The normalized spacial score (nSPS) is 17.4. The van der Waals surface area contributed by atoms with Crippen molar-refractivity contribution in [1.82, 2.24) is 4.90 Å². The summed E-state index contributed by atoms with van der Waals surface area (Å²) in [5, 5.41) is 7.52. The van der Waals surface area contributed by atoms with Crippen LogP contribution >= 0.6 is 34.8 Å². The van der Waals surface area contributed by atoms with Crippen LogP contribution in [0.25, 0.3) is 0 Å². The quantitative estimate of drug-likeness (QED) is 0.526. The fourth-order valence-corrected chi connectivity index (χ4v) is 5.20. The van der Waals surface area contributed by atoms with E-state index in [1.165, 1.54) is 4.90 Å². The smallest absolute Gasteiger partial charge is 0.229 e. The molecule has 0 saturated carbocycles. The lowest BCUT2D eigenvalue weighted by molar-refractivity contribution is -0.115.